The Labute approximate surface area is 193 Å². The number of carbonyl (C=O) groups is 1. The van der Waals surface area contributed by atoms with E-state index in [2.05, 4.69) is 44.8 Å². The molecule has 0 saturated heterocycles. The quantitative estimate of drug-likeness (QED) is 0.309. The number of guanidine groups is 1. The van der Waals surface area contributed by atoms with E-state index in [1.807, 2.05) is 31.3 Å². The lowest BCUT2D eigenvalue weighted by Crippen LogP contribution is -2.43. The van der Waals surface area contributed by atoms with Crippen LogP contribution in [-0.2, 0) is 19.5 Å². The lowest BCUT2D eigenvalue weighted by Gasteiger charge is -2.31. The van der Waals surface area contributed by atoms with Crippen molar-refractivity contribution in [2.75, 3.05) is 18.9 Å². The zero-order valence-corrected chi connectivity index (χ0v) is 19.1. The average molecular weight is 516 g/mol. The van der Waals surface area contributed by atoms with Gasteiger partial charge in [-0.2, -0.15) is 0 Å². The van der Waals surface area contributed by atoms with Gasteiger partial charge in [-0.05, 0) is 47.4 Å². The van der Waals surface area contributed by atoms with Crippen molar-refractivity contribution in [1.29, 1.82) is 0 Å². The highest BCUT2D eigenvalue weighted by molar-refractivity contribution is 14.0. The second-order valence-electron chi connectivity index (χ2n) is 6.97. The number of aliphatic imine (C=N–C) groups is 1. The number of fused-ring (bicyclic) bond motifs is 1. The highest BCUT2D eigenvalue weighted by Crippen LogP contribution is 2.18. The number of rotatable bonds is 4. The first-order chi connectivity index (χ1) is 14.2. The maximum Gasteiger partial charge on any atom is 0.291 e. The molecule has 1 aromatic heterocycles. The summed E-state index contributed by atoms with van der Waals surface area (Å²) >= 11 is 0. The molecule has 1 amide bonds. The topological polar surface area (TPSA) is 69.9 Å². The van der Waals surface area contributed by atoms with Crippen LogP contribution < -0.4 is 10.6 Å². The number of amides is 1. The average Bonchev–Trinajstić information content (AvgIpc) is 3.30. The van der Waals surface area contributed by atoms with Crippen LogP contribution in [0.1, 0.15) is 27.2 Å². The number of nitrogens with one attached hydrogen (secondary N) is 2. The van der Waals surface area contributed by atoms with Crippen molar-refractivity contribution >= 4 is 41.5 Å². The Hall–Kier alpha value is -2.81. The largest absolute Gasteiger partial charge is 0.459 e. The minimum Gasteiger partial charge on any atom is -0.459 e. The van der Waals surface area contributed by atoms with Crippen LogP contribution >= 0.6 is 24.0 Å². The van der Waals surface area contributed by atoms with Crippen molar-refractivity contribution < 1.29 is 9.21 Å². The number of anilines is 1. The lowest BCUT2D eigenvalue weighted by atomic mass is 10.0. The Morgan fingerprint density at radius 2 is 1.83 bits per heavy atom. The summed E-state index contributed by atoms with van der Waals surface area (Å²) in [6.45, 7) is 2.49. The Bertz CT molecular complexity index is 1000. The van der Waals surface area contributed by atoms with E-state index in [1.165, 1.54) is 17.4 Å². The summed E-state index contributed by atoms with van der Waals surface area (Å²) in [5.41, 5.74) is 4.62. The van der Waals surface area contributed by atoms with Crippen molar-refractivity contribution in [3.8, 4) is 0 Å². The predicted molar refractivity (Wildman–Crippen MR) is 129 cm³/mol. The normalized spacial score (nSPS) is 13.2. The Kier molecular flexibility index (Phi) is 7.51. The molecule has 0 spiro atoms. The maximum absolute atomic E-state index is 12.0. The van der Waals surface area contributed by atoms with Crippen LogP contribution in [0, 0.1) is 0 Å². The van der Waals surface area contributed by atoms with E-state index in [0.29, 0.717) is 12.3 Å². The molecule has 1 aliphatic rings. The van der Waals surface area contributed by atoms with E-state index in [1.54, 1.807) is 12.1 Å². The Morgan fingerprint density at radius 3 is 2.53 bits per heavy atom. The van der Waals surface area contributed by atoms with E-state index in [0.717, 1.165) is 36.7 Å². The molecule has 0 saturated carbocycles. The molecule has 0 aliphatic carbocycles. The molecular weight excluding hydrogens is 491 g/mol. The smallest absolute Gasteiger partial charge is 0.291 e. The SMILES string of the molecule is CN=C(NCc1ccc(NC(=O)c2ccco2)cc1)N1CCc2ccccc2C1.I. The maximum atomic E-state index is 12.0. The van der Waals surface area contributed by atoms with E-state index in [9.17, 15) is 4.79 Å². The Balaban J connectivity index is 0.00000256. The van der Waals surface area contributed by atoms with E-state index in [4.69, 9.17) is 4.42 Å². The van der Waals surface area contributed by atoms with Crippen molar-refractivity contribution in [3.05, 3.63) is 89.4 Å². The number of halogens is 1. The second kappa shape index (κ2) is 10.3. The number of carbonyl (C=O) groups excluding carboxylic acids is 1. The molecule has 2 N–H and O–H groups in total. The van der Waals surface area contributed by atoms with E-state index in [-0.39, 0.29) is 29.9 Å². The van der Waals surface area contributed by atoms with Gasteiger partial charge >= 0.3 is 0 Å². The fourth-order valence-corrected chi connectivity index (χ4v) is 3.50. The molecule has 2 heterocycles. The molecule has 0 unspecified atom stereocenters. The fourth-order valence-electron chi connectivity index (χ4n) is 3.50. The lowest BCUT2D eigenvalue weighted by molar-refractivity contribution is 0.0996. The molecule has 0 radical (unpaired) electrons. The number of nitrogens with zero attached hydrogens (tertiary/aromatic N) is 2. The van der Waals surface area contributed by atoms with Crippen molar-refractivity contribution in [2.24, 2.45) is 4.99 Å². The van der Waals surface area contributed by atoms with Crippen LogP contribution in [0.2, 0.25) is 0 Å². The molecule has 4 rings (SSSR count). The third kappa shape index (κ3) is 5.21. The predicted octanol–water partition coefficient (Wildman–Crippen LogP) is 4.28. The van der Waals surface area contributed by atoms with Gasteiger partial charge in [0.1, 0.15) is 0 Å². The first-order valence-electron chi connectivity index (χ1n) is 9.69. The summed E-state index contributed by atoms with van der Waals surface area (Å²) in [5, 5.41) is 6.27. The molecular formula is C23H25IN4O2. The standard InChI is InChI=1S/C23H24N4O2.HI/c1-24-23(27-13-12-18-5-2-3-6-19(18)16-27)25-15-17-8-10-20(11-9-17)26-22(28)21-7-4-14-29-21;/h2-11,14H,12-13,15-16H2,1H3,(H,24,25)(H,26,28);1H. The van der Waals surface area contributed by atoms with Crippen LogP contribution in [0.15, 0.2) is 76.3 Å². The summed E-state index contributed by atoms with van der Waals surface area (Å²) in [7, 11) is 1.82. The number of furan rings is 1. The molecule has 30 heavy (non-hydrogen) atoms. The van der Waals surface area contributed by atoms with Crippen molar-refractivity contribution in [3.63, 3.8) is 0 Å². The van der Waals surface area contributed by atoms with Gasteiger partial charge in [-0.15, -0.1) is 24.0 Å². The number of benzene rings is 2. The molecule has 1 aliphatic heterocycles. The second-order valence-corrected chi connectivity index (χ2v) is 6.97. The summed E-state index contributed by atoms with van der Waals surface area (Å²) in [4.78, 5) is 18.8. The van der Waals surface area contributed by atoms with Crippen LogP contribution in [-0.4, -0.2) is 30.4 Å². The summed E-state index contributed by atoms with van der Waals surface area (Å²) in [6, 6.07) is 19.7. The Morgan fingerprint density at radius 1 is 1.07 bits per heavy atom. The minimum atomic E-state index is -0.258. The third-order valence-corrected chi connectivity index (χ3v) is 5.05. The van der Waals surface area contributed by atoms with Gasteiger partial charge in [0, 0.05) is 32.4 Å². The fraction of sp³-hybridized carbons (Fsp3) is 0.217. The first-order valence-corrected chi connectivity index (χ1v) is 9.69. The highest BCUT2D eigenvalue weighted by Gasteiger charge is 2.18. The molecule has 7 heteroatoms. The van der Waals surface area contributed by atoms with Gasteiger partial charge in [-0.3, -0.25) is 9.79 Å². The zero-order chi connectivity index (χ0) is 20.1. The molecule has 3 aromatic rings. The van der Waals surface area contributed by atoms with Gasteiger partial charge < -0.3 is 20.0 Å². The summed E-state index contributed by atoms with van der Waals surface area (Å²) in [5.74, 6) is 0.934. The third-order valence-electron chi connectivity index (χ3n) is 5.05. The van der Waals surface area contributed by atoms with Gasteiger partial charge in [-0.1, -0.05) is 36.4 Å². The molecule has 156 valence electrons. The van der Waals surface area contributed by atoms with Crippen LogP contribution in [0.25, 0.3) is 0 Å². The molecule has 0 bridgehead atoms. The van der Waals surface area contributed by atoms with Gasteiger partial charge in [0.2, 0.25) is 0 Å². The van der Waals surface area contributed by atoms with Crippen LogP contribution in [0.3, 0.4) is 0 Å². The van der Waals surface area contributed by atoms with E-state index < -0.39 is 0 Å². The number of hydrogen-bond acceptors (Lipinski definition) is 3. The van der Waals surface area contributed by atoms with Crippen molar-refractivity contribution in [2.45, 2.75) is 19.5 Å². The van der Waals surface area contributed by atoms with Gasteiger partial charge in [0.05, 0.1) is 6.26 Å². The van der Waals surface area contributed by atoms with Gasteiger partial charge in [-0.25, -0.2) is 0 Å². The van der Waals surface area contributed by atoms with Gasteiger partial charge in [0.15, 0.2) is 11.7 Å². The summed E-state index contributed by atoms with van der Waals surface area (Å²) in [6.07, 6.45) is 2.51. The molecule has 6 nitrogen and oxygen atoms in total. The molecule has 2 aromatic carbocycles. The molecule has 0 atom stereocenters. The van der Waals surface area contributed by atoms with Crippen molar-refractivity contribution in [1.82, 2.24) is 10.2 Å². The highest BCUT2D eigenvalue weighted by atomic mass is 127. The summed E-state index contributed by atoms with van der Waals surface area (Å²) < 4.78 is 5.11. The van der Waals surface area contributed by atoms with E-state index >= 15 is 0 Å². The molecule has 0 fully saturated rings. The number of hydrogen-bond donors (Lipinski definition) is 2. The van der Waals surface area contributed by atoms with Crippen LogP contribution in [0.4, 0.5) is 5.69 Å². The van der Waals surface area contributed by atoms with Gasteiger partial charge in [0.25, 0.3) is 5.91 Å². The zero-order valence-electron chi connectivity index (χ0n) is 16.8. The monoisotopic (exact) mass is 516 g/mol. The van der Waals surface area contributed by atoms with Crippen LogP contribution in [0.5, 0.6) is 0 Å². The first kappa shape index (κ1) is 21.9. The minimum absolute atomic E-state index is 0.